The Kier molecular flexibility index (Phi) is 7.46. The summed E-state index contributed by atoms with van der Waals surface area (Å²) < 4.78 is 0. The second-order valence-electron chi connectivity index (χ2n) is 6.20. The smallest absolute Gasteiger partial charge is 0.105 e. The van der Waals surface area contributed by atoms with E-state index in [2.05, 4.69) is 67.6 Å². The van der Waals surface area contributed by atoms with Crippen molar-refractivity contribution >= 4 is 23.2 Å². The zero-order valence-corrected chi connectivity index (χ0v) is 15.4. The quantitative estimate of drug-likeness (QED) is 0.422. The second kappa shape index (κ2) is 9.35. The molecule has 0 aliphatic rings. The van der Waals surface area contributed by atoms with E-state index in [0.717, 1.165) is 25.7 Å². The second-order valence-corrected chi connectivity index (χ2v) is 7.48. The van der Waals surface area contributed by atoms with Gasteiger partial charge in [0, 0.05) is 5.41 Å². The molecule has 23 heavy (non-hydrogen) atoms. The van der Waals surface area contributed by atoms with Gasteiger partial charge in [-0.1, -0.05) is 80.4 Å². The predicted molar refractivity (Wildman–Crippen MR) is 103 cm³/mol. The molecule has 0 heterocycles. The highest BCUT2D eigenvalue weighted by Crippen LogP contribution is 2.42. The first-order valence-electron chi connectivity index (χ1n) is 8.58. The lowest BCUT2D eigenvalue weighted by Gasteiger charge is -2.36. The van der Waals surface area contributed by atoms with Crippen molar-refractivity contribution in [1.29, 1.82) is 0 Å². The molecule has 0 nitrogen and oxygen atoms in total. The Morgan fingerprint density at radius 3 is 1.70 bits per heavy atom. The van der Waals surface area contributed by atoms with Gasteiger partial charge in [0.2, 0.25) is 0 Å². The summed E-state index contributed by atoms with van der Waals surface area (Å²) in [6.45, 7) is 2.26. The average molecular weight is 349 g/mol. The lowest BCUT2D eigenvalue weighted by Crippen LogP contribution is -2.28. The van der Waals surface area contributed by atoms with Gasteiger partial charge in [-0.25, -0.2) is 0 Å². The predicted octanol–water partition coefficient (Wildman–Crippen LogP) is 7.14. The number of hydrogen-bond donors (Lipinski definition) is 0. The van der Waals surface area contributed by atoms with E-state index in [1.54, 1.807) is 0 Å². The molecule has 0 saturated carbocycles. The van der Waals surface area contributed by atoms with Crippen LogP contribution in [-0.2, 0) is 5.41 Å². The van der Waals surface area contributed by atoms with E-state index in [1.165, 1.54) is 24.0 Å². The molecular formula is C21H26Cl2. The third kappa shape index (κ3) is 4.99. The summed E-state index contributed by atoms with van der Waals surface area (Å²) in [4.78, 5) is -0.273. The standard InChI is InChI=1S/C21H26Cl2/c1-2-3-16-21(17-10-15-20(22)23,18-11-6-4-7-12-18)19-13-8-5-9-14-19/h4-9,11-14,20H,2-3,10,15-17H2,1H3. The Bertz CT molecular complexity index is 509. The van der Waals surface area contributed by atoms with Gasteiger partial charge in [0.15, 0.2) is 0 Å². The molecule has 0 amide bonds. The van der Waals surface area contributed by atoms with Gasteiger partial charge in [0.25, 0.3) is 0 Å². The lowest BCUT2D eigenvalue weighted by molar-refractivity contribution is 0.405. The van der Waals surface area contributed by atoms with Crippen LogP contribution in [0.1, 0.15) is 56.6 Å². The van der Waals surface area contributed by atoms with Crippen LogP contribution in [0.2, 0.25) is 0 Å². The van der Waals surface area contributed by atoms with Crippen LogP contribution in [0.5, 0.6) is 0 Å². The first-order chi connectivity index (χ1) is 11.2. The summed E-state index contributed by atoms with van der Waals surface area (Å²) in [6, 6.07) is 21.8. The zero-order chi connectivity index (χ0) is 16.5. The molecule has 0 aliphatic carbocycles. The van der Waals surface area contributed by atoms with Gasteiger partial charge in [0.1, 0.15) is 4.84 Å². The molecule has 0 spiro atoms. The summed E-state index contributed by atoms with van der Waals surface area (Å²) in [7, 11) is 0. The molecule has 0 aromatic heterocycles. The van der Waals surface area contributed by atoms with Crippen molar-refractivity contribution in [1.82, 2.24) is 0 Å². The number of alkyl halides is 2. The third-order valence-corrected chi connectivity index (χ3v) is 5.07. The van der Waals surface area contributed by atoms with Gasteiger partial charge < -0.3 is 0 Å². The summed E-state index contributed by atoms with van der Waals surface area (Å²) in [5.74, 6) is 0. The van der Waals surface area contributed by atoms with Crippen molar-refractivity contribution in [3.63, 3.8) is 0 Å². The van der Waals surface area contributed by atoms with Crippen LogP contribution in [0, 0.1) is 0 Å². The molecule has 0 bridgehead atoms. The first kappa shape index (κ1) is 18.4. The van der Waals surface area contributed by atoms with Crippen molar-refractivity contribution in [2.45, 2.75) is 55.7 Å². The summed E-state index contributed by atoms with van der Waals surface area (Å²) in [5, 5.41) is 0. The topological polar surface area (TPSA) is 0 Å². The maximum absolute atomic E-state index is 5.97. The number of benzene rings is 2. The van der Waals surface area contributed by atoms with E-state index in [-0.39, 0.29) is 10.3 Å². The van der Waals surface area contributed by atoms with Crippen LogP contribution in [0.3, 0.4) is 0 Å². The highest BCUT2D eigenvalue weighted by atomic mass is 35.5. The van der Waals surface area contributed by atoms with Crippen LogP contribution < -0.4 is 0 Å². The average Bonchev–Trinajstić information content (AvgIpc) is 2.59. The maximum atomic E-state index is 5.97. The van der Waals surface area contributed by atoms with Crippen LogP contribution in [0.25, 0.3) is 0 Å². The van der Waals surface area contributed by atoms with Gasteiger partial charge in [-0.2, -0.15) is 0 Å². The lowest BCUT2D eigenvalue weighted by atomic mass is 9.68. The molecule has 2 heteroatoms. The zero-order valence-electron chi connectivity index (χ0n) is 13.8. The Hall–Kier alpha value is -0.980. The molecule has 0 atom stereocenters. The molecule has 0 saturated heterocycles. The molecule has 0 N–H and O–H groups in total. The molecular weight excluding hydrogens is 323 g/mol. The number of halogens is 2. The molecule has 0 unspecified atom stereocenters. The number of rotatable bonds is 9. The fourth-order valence-electron chi connectivity index (χ4n) is 3.42. The Morgan fingerprint density at radius 1 is 0.783 bits per heavy atom. The van der Waals surface area contributed by atoms with E-state index in [4.69, 9.17) is 23.2 Å². The molecule has 2 aromatic rings. The molecule has 0 fully saturated rings. The third-order valence-electron chi connectivity index (χ3n) is 4.64. The summed E-state index contributed by atoms with van der Waals surface area (Å²) in [5.41, 5.74) is 2.86. The van der Waals surface area contributed by atoms with E-state index in [9.17, 15) is 0 Å². The van der Waals surface area contributed by atoms with Gasteiger partial charge in [-0.05, 0) is 36.8 Å². The van der Waals surface area contributed by atoms with Crippen LogP contribution >= 0.6 is 23.2 Å². The van der Waals surface area contributed by atoms with Gasteiger partial charge in [-0.3, -0.25) is 0 Å². The SMILES string of the molecule is CCCCC(CCCC(Cl)Cl)(c1ccccc1)c1ccccc1. The minimum absolute atomic E-state index is 0.0567. The van der Waals surface area contributed by atoms with Crippen LogP contribution in [-0.4, -0.2) is 4.84 Å². The van der Waals surface area contributed by atoms with E-state index < -0.39 is 0 Å². The largest absolute Gasteiger partial charge is 0.107 e. The van der Waals surface area contributed by atoms with Gasteiger partial charge >= 0.3 is 0 Å². The Morgan fingerprint density at radius 2 is 1.26 bits per heavy atom. The summed E-state index contributed by atoms with van der Waals surface area (Å²) in [6.07, 6.45) is 6.54. The first-order valence-corrected chi connectivity index (χ1v) is 9.45. The molecule has 124 valence electrons. The molecule has 0 aliphatic heterocycles. The maximum Gasteiger partial charge on any atom is 0.107 e. The Balaban J connectivity index is 2.40. The van der Waals surface area contributed by atoms with Gasteiger partial charge in [-0.15, -0.1) is 23.2 Å². The van der Waals surface area contributed by atoms with Crippen molar-refractivity contribution in [3.8, 4) is 0 Å². The van der Waals surface area contributed by atoms with Crippen molar-refractivity contribution < 1.29 is 0 Å². The van der Waals surface area contributed by atoms with Crippen molar-refractivity contribution in [3.05, 3.63) is 71.8 Å². The van der Waals surface area contributed by atoms with Gasteiger partial charge in [0.05, 0.1) is 0 Å². The van der Waals surface area contributed by atoms with Crippen LogP contribution in [0.15, 0.2) is 60.7 Å². The Labute approximate surface area is 150 Å². The highest BCUT2D eigenvalue weighted by molar-refractivity contribution is 6.44. The fraction of sp³-hybridized carbons (Fsp3) is 0.429. The molecule has 2 aromatic carbocycles. The van der Waals surface area contributed by atoms with E-state index in [0.29, 0.717) is 0 Å². The van der Waals surface area contributed by atoms with E-state index in [1.807, 2.05) is 0 Å². The number of unbranched alkanes of at least 4 members (excludes halogenated alkanes) is 1. The molecule has 0 radical (unpaired) electrons. The fourth-order valence-corrected chi connectivity index (χ4v) is 3.73. The monoisotopic (exact) mass is 348 g/mol. The van der Waals surface area contributed by atoms with Crippen LogP contribution in [0.4, 0.5) is 0 Å². The van der Waals surface area contributed by atoms with Crippen molar-refractivity contribution in [2.24, 2.45) is 0 Å². The minimum Gasteiger partial charge on any atom is -0.105 e. The highest BCUT2D eigenvalue weighted by Gasteiger charge is 2.33. The normalized spacial score (nSPS) is 11.8. The number of hydrogen-bond acceptors (Lipinski definition) is 0. The molecule has 2 rings (SSSR count). The minimum atomic E-state index is -0.273. The van der Waals surface area contributed by atoms with E-state index >= 15 is 0 Å². The van der Waals surface area contributed by atoms with Crippen molar-refractivity contribution in [2.75, 3.05) is 0 Å². The summed E-state index contributed by atoms with van der Waals surface area (Å²) >= 11 is 11.9.